The first kappa shape index (κ1) is 9.53. The van der Waals surface area contributed by atoms with Crippen LogP contribution in [0.4, 0.5) is 0 Å². The lowest BCUT2D eigenvalue weighted by atomic mass is 10.1. The molecule has 0 amide bonds. The first-order valence-corrected chi connectivity index (χ1v) is 5.28. The van der Waals surface area contributed by atoms with Crippen molar-refractivity contribution in [1.82, 2.24) is 5.32 Å². The Balaban J connectivity index is 2.34. The molecule has 0 spiro atoms. The van der Waals surface area contributed by atoms with E-state index in [1.54, 1.807) is 0 Å². The summed E-state index contributed by atoms with van der Waals surface area (Å²) in [5.41, 5.74) is 2.81. The summed E-state index contributed by atoms with van der Waals surface area (Å²) >= 11 is 0. The second-order valence-electron chi connectivity index (χ2n) is 3.64. The molecule has 1 aliphatic carbocycles. The van der Waals surface area contributed by atoms with Crippen molar-refractivity contribution in [3.05, 3.63) is 29.3 Å². The summed E-state index contributed by atoms with van der Waals surface area (Å²) in [6.07, 6.45) is 2.33. The van der Waals surface area contributed by atoms with E-state index in [1.165, 1.54) is 17.5 Å². The minimum Gasteiger partial charge on any atom is -0.494 e. The van der Waals surface area contributed by atoms with Crippen molar-refractivity contribution in [2.45, 2.75) is 25.8 Å². The van der Waals surface area contributed by atoms with Crippen LogP contribution in [0.25, 0.3) is 0 Å². The van der Waals surface area contributed by atoms with Crippen LogP contribution in [0.15, 0.2) is 18.2 Å². The second kappa shape index (κ2) is 4.01. The summed E-state index contributed by atoms with van der Waals surface area (Å²) < 4.78 is 5.61. The summed E-state index contributed by atoms with van der Waals surface area (Å²) in [7, 11) is 2.02. The summed E-state index contributed by atoms with van der Waals surface area (Å²) in [5.74, 6) is 1.07. The molecule has 2 heteroatoms. The van der Waals surface area contributed by atoms with Gasteiger partial charge in [-0.1, -0.05) is 12.1 Å². The predicted octanol–water partition coefficient (Wildman–Crippen LogP) is 2.29. The fourth-order valence-electron chi connectivity index (χ4n) is 2.21. The number of hydrogen-bond donors (Lipinski definition) is 1. The monoisotopic (exact) mass is 191 g/mol. The van der Waals surface area contributed by atoms with E-state index in [0.717, 1.165) is 18.8 Å². The summed E-state index contributed by atoms with van der Waals surface area (Å²) in [4.78, 5) is 0. The molecule has 0 bridgehead atoms. The predicted molar refractivity (Wildman–Crippen MR) is 57.7 cm³/mol. The van der Waals surface area contributed by atoms with Crippen molar-refractivity contribution in [2.75, 3.05) is 13.7 Å². The van der Waals surface area contributed by atoms with E-state index in [2.05, 4.69) is 23.5 Å². The molecule has 0 heterocycles. The fraction of sp³-hybridized carbons (Fsp3) is 0.500. The quantitative estimate of drug-likeness (QED) is 0.791. The molecule has 14 heavy (non-hydrogen) atoms. The molecule has 1 atom stereocenters. The minimum absolute atomic E-state index is 0.519. The lowest BCUT2D eigenvalue weighted by Gasteiger charge is -2.11. The van der Waals surface area contributed by atoms with Crippen LogP contribution in [0, 0.1) is 0 Å². The third-order valence-corrected chi connectivity index (χ3v) is 2.88. The highest BCUT2D eigenvalue weighted by molar-refractivity contribution is 5.45. The molecule has 0 aromatic heterocycles. The van der Waals surface area contributed by atoms with Crippen LogP contribution in [0.3, 0.4) is 0 Å². The average Bonchev–Trinajstić information content (AvgIpc) is 2.62. The van der Waals surface area contributed by atoms with Crippen molar-refractivity contribution in [3.8, 4) is 5.75 Å². The average molecular weight is 191 g/mol. The van der Waals surface area contributed by atoms with Gasteiger partial charge in [0.15, 0.2) is 0 Å². The maximum absolute atomic E-state index is 5.61. The molecule has 2 nitrogen and oxygen atoms in total. The Morgan fingerprint density at radius 2 is 2.36 bits per heavy atom. The molecule has 0 radical (unpaired) electrons. The summed E-state index contributed by atoms with van der Waals surface area (Å²) in [6, 6.07) is 6.87. The van der Waals surface area contributed by atoms with Crippen LogP contribution < -0.4 is 10.1 Å². The van der Waals surface area contributed by atoms with Crippen LogP contribution in [0.1, 0.15) is 30.5 Å². The van der Waals surface area contributed by atoms with Gasteiger partial charge in [-0.05, 0) is 44.0 Å². The van der Waals surface area contributed by atoms with E-state index in [9.17, 15) is 0 Å². The number of ether oxygens (including phenoxy) is 1. The lowest BCUT2D eigenvalue weighted by molar-refractivity contribution is 0.337. The van der Waals surface area contributed by atoms with Crippen molar-refractivity contribution < 1.29 is 4.74 Å². The van der Waals surface area contributed by atoms with Crippen LogP contribution in [-0.2, 0) is 6.42 Å². The zero-order valence-electron chi connectivity index (χ0n) is 8.84. The van der Waals surface area contributed by atoms with Crippen LogP contribution in [-0.4, -0.2) is 13.7 Å². The fourth-order valence-corrected chi connectivity index (χ4v) is 2.21. The van der Waals surface area contributed by atoms with Gasteiger partial charge < -0.3 is 10.1 Å². The van der Waals surface area contributed by atoms with Gasteiger partial charge in [-0.25, -0.2) is 0 Å². The summed E-state index contributed by atoms with van der Waals surface area (Å²) in [6.45, 7) is 2.78. The van der Waals surface area contributed by atoms with E-state index >= 15 is 0 Å². The molecular formula is C12H17NO. The Labute approximate surface area is 85.3 Å². The Morgan fingerprint density at radius 1 is 1.50 bits per heavy atom. The van der Waals surface area contributed by atoms with E-state index in [1.807, 2.05) is 14.0 Å². The highest BCUT2D eigenvalue weighted by atomic mass is 16.5. The number of rotatable bonds is 3. The van der Waals surface area contributed by atoms with Gasteiger partial charge in [-0.3, -0.25) is 0 Å². The molecule has 1 aromatic rings. The molecule has 76 valence electrons. The number of benzene rings is 1. The van der Waals surface area contributed by atoms with Gasteiger partial charge in [0, 0.05) is 6.04 Å². The van der Waals surface area contributed by atoms with E-state index < -0.39 is 0 Å². The largest absolute Gasteiger partial charge is 0.494 e. The van der Waals surface area contributed by atoms with Crippen LogP contribution >= 0.6 is 0 Å². The SMILES string of the molecule is CCOc1cccc2c1CCC2NC. The molecule has 1 aromatic carbocycles. The summed E-state index contributed by atoms with van der Waals surface area (Å²) in [5, 5.41) is 3.33. The molecule has 2 rings (SSSR count). The molecular weight excluding hydrogens is 174 g/mol. The van der Waals surface area contributed by atoms with Crippen molar-refractivity contribution in [3.63, 3.8) is 0 Å². The standard InChI is InChI=1S/C12H17NO/c1-3-14-12-6-4-5-9-10(12)7-8-11(9)13-2/h4-6,11,13H,3,7-8H2,1-2H3. The smallest absolute Gasteiger partial charge is 0.122 e. The van der Waals surface area contributed by atoms with E-state index in [-0.39, 0.29) is 0 Å². The number of hydrogen-bond acceptors (Lipinski definition) is 2. The topological polar surface area (TPSA) is 21.3 Å². The second-order valence-corrected chi connectivity index (χ2v) is 3.64. The maximum Gasteiger partial charge on any atom is 0.122 e. The van der Waals surface area contributed by atoms with E-state index in [0.29, 0.717) is 6.04 Å². The lowest BCUT2D eigenvalue weighted by Crippen LogP contribution is -2.12. The van der Waals surface area contributed by atoms with Crippen molar-refractivity contribution in [1.29, 1.82) is 0 Å². The number of nitrogens with one attached hydrogen (secondary N) is 1. The Hall–Kier alpha value is -1.02. The molecule has 0 saturated carbocycles. The van der Waals surface area contributed by atoms with Gasteiger partial charge in [0.1, 0.15) is 5.75 Å². The van der Waals surface area contributed by atoms with Gasteiger partial charge in [0.05, 0.1) is 6.61 Å². The van der Waals surface area contributed by atoms with Crippen molar-refractivity contribution >= 4 is 0 Å². The first-order valence-electron chi connectivity index (χ1n) is 5.28. The molecule has 1 aliphatic rings. The van der Waals surface area contributed by atoms with Crippen LogP contribution in [0.5, 0.6) is 5.75 Å². The zero-order valence-corrected chi connectivity index (χ0v) is 8.84. The normalized spacial score (nSPS) is 19.4. The van der Waals surface area contributed by atoms with Gasteiger partial charge >= 0.3 is 0 Å². The van der Waals surface area contributed by atoms with Gasteiger partial charge in [-0.2, -0.15) is 0 Å². The van der Waals surface area contributed by atoms with Gasteiger partial charge in [0.25, 0.3) is 0 Å². The molecule has 0 aliphatic heterocycles. The third kappa shape index (κ3) is 1.50. The molecule has 0 fully saturated rings. The van der Waals surface area contributed by atoms with Crippen molar-refractivity contribution in [2.24, 2.45) is 0 Å². The Bertz CT molecular complexity index is 322. The van der Waals surface area contributed by atoms with Gasteiger partial charge in [-0.15, -0.1) is 0 Å². The van der Waals surface area contributed by atoms with Gasteiger partial charge in [0.2, 0.25) is 0 Å². The third-order valence-electron chi connectivity index (χ3n) is 2.88. The Morgan fingerprint density at radius 3 is 3.07 bits per heavy atom. The highest BCUT2D eigenvalue weighted by Crippen LogP contribution is 2.36. The number of fused-ring (bicyclic) bond motifs is 1. The highest BCUT2D eigenvalue weighted by Gasteiger charge is 2.23. The molecule has 1 N–H and O–H groups in total. The van der Waals surface area contributed by atoms with E-state index in [4.69, 9.17) is 4.74 Å². The Kier molecular flexibility index (Phi) is 2.73. The maximum atomic E-state index is 5.61. The first-order chi connectivity index (χ1) is 6.86. The molecule has 1 unspecified atom stereocenters. The minimum atomic E-state index is 0.519. The molecule has 0 saturated heterocycles. The zero-order chi connectivity index (χ0) is 9.97. The van der Waals surface area contributed by atoms with Crippen LogP contribution in [0.2, 0.25) is 0 Å².